The Labute approximate surface area is 102 Å². The monoisotopic (exact) mass is 234 g/mol. The second kappa shape index (κ2) is 5.62. The summed E-state index contributed by atoms with van der Waals surface area (Å²) in [6.45, 7) is 5.67. The minimum absolute atomic E-state index is 0.118. The summed E-state index contributed by atoms with van der Waals surface area (Å²) >= 11 is 0. The topological polar surface area (TPSA) is 43.4 Å². The molecule has 92 valence electrons. The molecule has 3 heteroatoms. The number of benzene rings is 1. The number of hydrogen-bond acceptors (Lipinski definition) is 3. The van der Waals surface area contributed by atoms with Gasteiger partial charge in [0.05, 0.1) is 6.42 Å². The van der Waals surface area contributed by atoms with Crippen molar-refractivity contribution in [1.82, 2.24) is 0 Å². The van der Waals surface area contributed by atoms with E-state index in [-0.39, 0.29) is 23.8 Å². The molecule has 0 fully saturated rings. The van der Waals surface area contributed by atoms with Gasteiger partial charge < -0.3 is 4.74 Å². The van der Waals surface area contributed by atoms with Gasteiger partial charge in [-0.05, 0) is 5.41 Å². The molecular weight excluding hydrogens is 216 g/mol. The highest BCUT2D eigenvalue weighted by molar-refractivity contribution is 5.97. The Morgan fingerprint density at radius 3 is 2.24 bits per heavy atom. The summed E-state index contributed by atoms with van der Waals surface area (Å²) in [5, 5.41) is 0. The highest BCUT2D eigenvalue weighted by atomic mass is 16.5. The second-order valence-electron chi connectivity index (χ2n) is 5.19. The molecular formula is C14H18O3. The van der Waals surface area contributed by atoms with E-state index in [1.165, 1.54) is 0 Å². The summed E-state index contributed by atoms with van der Waals surface area (Å²) in [5.41, 5.74) is 0.448. The molecule has 0 N–H and O–H groups in total. The fourth-order valence-corrected chi connectivity index (χ4v) is 1.34. The first kappa shape index (κ1) is 13.4. The van der Waals surface area contributed by atoms with Crippen molar-refractivity contribution in [2.75, 3.05) is 6.61 Å². The quantitative estimate of drug-likeness (QED) is 0.594. The van der Waals surface area contributed by atoms with E-state index in [9.17, 15) is 9.59 Å². The molecule has 0 bridgehead atoms. The molecule has 0 amide bonds. The number of ketones is 1. The minimum Gasteiger partial charge on any atom is -0.457 e. The van der Waals surface area contributed by atoms with Crippen molar-refractivity contribution >= 4 is 11.8 Å². The maximum absolute atomic E-state index is 11.6. The third kappa shape index (κ3) is 5.29. The van der Waals surface area contributed by atoms with Crippen molar-refractivity contribution in [3.8, 4) is 0 Å². The lowest BCUT2D eigenvalue weighted by Crippen LogP contribution is -2.19. The van der Waals surface area contributed by atoms with Gasteiger partial charge in [-0.25, -0.2) is 0 Å². The van der Waals surface area contributed by atoms with Crippen molar-refractivity contribution < 1.29 is 14.3 Å². The Kier molecular flexibility index (Phi) is 4.44. The molecule has 0 spiro atoms. The molecule has 0 saturated carbocycles. The molecule has 0 aliphatic rings. The number of rotatable bonds is 4. The lowest BCUT2D eigenvalue weighted by atomic mass is 9.92. The van der Waals surface area contributed by atoms with Gasteiger partial charge in [0.15, 0.2) is 12.4 Å². The molecule has 0 radical (unpaired) electrons. The van der Waals surface area contributed by atoms with Gasteiger partial charge in [0, 0.05) is 5.56 Å². The van der Waals surface area contributed by atoms with Gasteiger partial charge >= 0.3 is 5.97 Å². The molecule has 0 aliphatic carbocycles. The SMILES string of the molecule is CC(C)(C)CC(=O)OCC(=O)c1ccccc1. The van der Waals surface area contributed by atoms with Crippen molar-refractivity contribution in [2.45, 2.75) is 27.2 Å². The molecule has 1 rings (SSSR count). The lowest BCUT2D eigenvalue weighted by Gasteiger charge is -2.16. The van der Waals surface area contributed by atoms with Crippen LogP contribution in [0.2, 0.25) is 0 Å². The lowest BCUT2D eigenvalue weighted by molar-refractivity contribution is -0.144. The van der Waals surface area contributed by atoms with Crippen LogP contribution in [0.5, 0.6) is 0 Å². The summed E-state index contributed by atoms with van der Waals surface area (Å²) in [6.07, 6.45) is 0.315. The van der Waals surface area contributed by atoms with E-state index in [0.29, 0.717) is 12.0 Å². The molecule has 0 aromatic heterocycles. The maximum Gasteiger partial charge on any atom is 0.306 e. The highest BCUT2D eigenvalue weighted by Crippen LogP contribution is 2.18. The standard InChI is InChI=1S/C14H18O3/c1-14(2,3)9-13(16)17-10-12(15)11-7-5-4-6-8-11/h4-8H,9-10H2,1-3H3. The van der Waals surface area contributed by atoms with Crippen molar-refractivity contribution in [3.05, 3.63) is 35.9 Å². The first-order chi connectivity index (χ1) is 7.88. The van der Waals surface area contributed by atoms with Crippen LogP contribution in [0.3, 0.4) is 0 Å². The van der Waals surface area contributed by atoms with Gasteiger partial charge in [0.25, 0.3) is 0 Å². The summed E-state index contributed by atoms with van der Waals surface area (Å²) in [7, 11) is 0. The van der Waals surface area contributed by atoms with Crippen LogP contribution in [0.4, 0.5) is 0 Å². The Morgan fingerprint density at radius 2 is 1.71 bits per heavy atom. The van der Waals surface area contributed by atoms with Crippen LogP contribution in [0.25, 0.3) is 0 Å². The van der Waals surface area contributed by atoms with E-state index in [2.05, 4.69) is 0 Å². The van der Waals surface area contributed by atoms with Gasteiger partial charge in [0.1, 0.15) is 0 Å². The van der Waals surface area contributed by atoms with Gasteiger partial charge in [-0.1, -0.05) is 51.1 Å². The number of ether oxygens (including phenoxy) is 1. The Hall–Kier alpha value is -1.64. The first-order valence-electron chi connectivity index (χ1n) is 5.62. The molecule has 0 saturated heterocycles. The molecule has 3 nitrogen and oxygen atoms in total. The Balaban J connectivity index is 2.42. The van der Waals surface area contributed by atoms with Gasteiger partial charge in [-0.3, -0.25) is 9.59 Å². The maximum atomic E-state index is 11.6. The van der Waals surface area contributed by atoms with E-state index >= 15 is 0 Å². The summed E-state index contributed by atoms with van der Waals surface area (Å²) in [5.74, 6) is -0.505. The average molecular weight is 234 g/mol. The predicted molar refractivity (Wildman–Crippen MR) is 65.8 cm³/mol. The second-order valence-corrected chi connectivity index (χ2v) is 5.19. The van der Waals surface area contributed by atoms with Crippen molar-refractivity contribution in [2.24, 2.45) is 5.41 Å². The molecule has 17 heavy (non-hydrogen) atoms. The minimum atomic E-state index is -0.332. The number of Topliss-reactive ketones (excluding diaryl/α,β-unsaturated/α-hetero) is 1. The molecule has 0 aliphatic heterocycles. The van der Waals surface area contributed by atoms with E-state index in [4.69, 9.17) is 4.74 Å². The molecule has 1 aromatic rings. The zero-order valence-corrected chi connectivity index (χ0v) is 10.5. The first-order valence-corrected chi connectivity index (χ1v) is 5.62. The average Bonchev–Trinajstić information content (AvgIpc) is 2.25. The summed E-state index contributed by atoms with van der Waals surface area (Å²) in [4.78, 5) is 23.1. The Bertz CT molecular complexity index is 388. The third-order valence-electron chi connectivity index (χ3n) is 2.13. The Morgan fingerprint density at radius 1 is 1.12 bits per heavy atom. The fraction of sp³-hybridized carbons (Fsp3) is 0.429. The fourth-order valence-electron chi connectivity index (χ4n) is 1.34. The normalized spacial score (nSPS) is 11.0. The van der Waals surface area contributed by atoms with Gasteiger partial charge in [-0.2, -0.15) is 0 Å². The zero-order chi connectivity index (χ0) is 12.9. The highest BCUT2D eigenvalue weighted by Gasteiger charge is 2.18. The molecule has 1 aromatic carbocycles. The van der Waals surface area contributed by atoms with Crippen LogP contribution in [0.15, 0.2) is 30.3 Å². The van der Waals surface area contributed by atoms with Crippen LogP contribution in [0, 0.1) is 5.41 Å². The number of esters is 1. The van der Waals surface area contributed by atoms with Crippen molar-refractivity contribution in [3.63, 3.8) is 0 Å². The molecule has 0 unspecified atom stereocenters. The van der Waals surface area contributed by atoms with E-state index in [0.717, 1.165) is 0 Å². The van der Waals surface area contributed by atoms with Crippen LogP contribution in [-0.4, -0.2) is 18.4 Å². The van der Waals surface area contributed by atoms with Crippen LogP contribution < -0.4 is 0 Å². The number of carbonyl (C=O) groups excluding carboxylic acids is 2. The van der Waals surface area contributed by atoms with E-state index in [1.807, 2.05) is 26.8 Å². The van der Waals surface area contributed by atoms with Gasteiger partial charge in [0.2, 0.25) is 0 Å². The van der Waals surface area contributed by atoms with Gasteiger partial charge in [-0.15, -0.1) is 0 Å². The van der Waals surface area contributed by atoms with Crippen molar-refractivity contribution in [1.29, 1.82) is 0 Å². The van der Waals surface area contributed by atoms with Crippen LogP contribution in [-0.2, 0) is 9.53 Å². The van der Waals surface area contributed by atoms with Crippen LogP contribution >= 0.6 is 0 Å². The van der Waals surface area contributed by atoms with E-state index in [1.54, 1.807) is 24.3 Å². The summed E-state index contributed by atoms with van der Waals surface area (Å²) < 4.78 is 4.95. The molecule has 0 atom stereocenters. The number of hydrogen-bond donors (Lipinski definition) is 0. The zero-order valence-electron chi connectivity index (χ0n) is 10.5. The smallest absolute Gasteiger partial charge is 0.306 e. The predicted octanol–water partition coefficient (Wildman–Crippen LogP) is 2.85. The number of carbonyl (C=O) groups is 2. The third-order valence-corrected chi connectivity index (χ3v) is 2.13. The largest absolute Gasteiger partial charge is 0.457 e. The van der Waals surface area contributed by atoms with Crippen LogP contribution in [0.1, 0.15) is 37.6 Å². The van der Waals surface area contributed by atoms with E-state index < -0.39 is 0 Å². The summed E-state index contributed by atoms with van der Waals surface area (Å²) in [6, 6.07) is 8.82. The molecule has 0 heterocycles.